The molecular weight excluding hydrogens is 246 g/mol. The fourth-order valence-electron chi connectivity index (χ4n) is 1.99. The van der Waals surface area contributed by atoms with Crippen molar-refractivity contribution in [2.75, 3.05) is 17.2 Å². The quantitative estimate of drug-likeness (QED) is 0.853. The Morgan fingerprint density at radius 1 is 1.00 bits per heavy atom. The number of rotatable bonds is 4. The average molecular weight is 262 g/mol. The van der Waals surface area contributed by atoms with E-state index in [0.29, 0.717) is 17.8 Å². The molecule has 0 saturated carbocycles. The number of nitrogen functional groups attached to an aromatic ring is 1. The molecule has 4 heteroatoms. The van der Waals surface area contributed by atoms with Gasteiger partial charge in [0.15, 0.2) is 0 Å². The van der Waals surface area contributed by atoms with E-state index in [-0.39, 0.29) is 0 Å². The standard InChI is InChI=1S/C15H16F2N2/c1-2-19(15-5-3-14(18)4-6-15)10-11-7-12(16)9-13(17)8-11/h3-9H,2,10,18H2,1H3. The third kappa shape index (κ3) is 3.44. The molecule has 0 aliphatic carbocycles. The highest BCUT2D eigenvalue weighted by molar-refractivity contribution is 5.53. The summed E-state index contributed by atoms with van der Waals surface area (Å²) in [6, 6.07) is 11.0. The van der Waals surface area contributed by atoms with Gasteiger partial charge in [-0.05, 0) is 48.9 Å². The Hall–Kier alpha value is -2.10. The zero-order chi connectivity index (χ0) is 13.8. The molecular formula is C15H16F2N2. The predicted octanol–water partition coefficient (Wildman–Crippen LogP) is 3.57. The normalized spacial score (nSPS) is 10.5. The summed E-state index contributed by atoms with van der Waals surface area (Å²) < 4.78 is 26.3. The maximum atomic E-state index is 13.2. The molecule has 0 aliphatic heterocycles. The van der Waals surface area contributed by atoms with E-state index in [1.165, 1.54) is 12.1 Å². The molecule has 0 spiro atoms. The maximum Gasteiger partial charge on any atom is 0.126 e. The maximum absolute atomic E-state index is 13.2. The molecule has 19 heavy (non-hydrogen) atoms. The summed E-state index contributed by atoms with van der Waals surface area (Å²) in [6.07, 6.45) is 0. The smallest absolute Gasteiger partial charge is 0.126 e. The van der Waals surface area contributed by atoms with Crippen LogP contribution in [0.25, 0.3) is 0 Å². The molecule has 100 valence electrons. The first kappa shape index (κ1) is 13.3. The summed E-state index contributed by atoms with van der Waals surface area (Å²) in [7, 11) is 0. The van der Waals surface area contributed by atoms with Crippen molar-refractivity contribution in [2.45, 2.75) is 13.5 Å². The van der Waals surface area contributed by atoms with E-state index in [1.54, 1.807) is 0 Å². The molecule has 0 unspecified atom stereocenters. The van der Waals surface area contributed by atoms with Crippen molar-refractivity contribution in [2.24, 2.45) is 0 Å². The van der Waals surface area contributed by atoms with Gasteiger partial charge in [-0.15, -0.1) is 0 Å². The number of nitrogens with zero attached hydrogens (tertiary/aromatic N) is 1. The van der Waals surface area contributed by atoms with Crippen molar-refractivity contribution < 1.29 is 8.78 Å². The van der Waals surface area contributed by atoms with E-state index in [9.17, 15) is 8.78 Å². The minimum atomic E-state index is -0.552. The SMILES string of the molecule is CCN(Cc1cc(F)cc(F)c1)c1ccc(N)cc1. The van der Waals surface area contributed by atoms with Crippen LogP contribution < -0.4 is 10.6 Å². The van der Waals surface area contributed by atoms with Gasteiger partial charge in [0.25, 0.3) is 0 Å². The Morgan fingerprint density at radius 2 is 1.58 bits per heavy atom. The molecule has 0 amide bonds. The van der Waals surface area contributed by atoms with E-state index in [1.807, 2.05) is 36.1 Å². The number of anilines is 2. The molecule has 0 bridgehead atoms. The van der Waals surface area contributed by atoms with Crippen molar-refractivity contribution in [3.8, 4) is 0 Å². The van der Waals surface area contributed by atoms with Crippen LogP contribution in [0.4, 0.5) is 20.2 Å². The Labute approximate surface area is 111 Å². The molecule has 0 aromatic heterocycles. The van der Waals surface area contributed by atoms with Crippen LogP contribution in [-0.2, 0) is 6.54 Å². The van der Waals surface area contributed by atoms with Crippen molar-refractivity contribution in [3.05, 3.63) is 59.7 Å². The molecule has 0 heterocycles. The van der Waals surface area contributed by atoms with E-state index in [2.05, 4.69) is 0 Å². The third-order valence-electron chi connectivity index (χ3n) is 2.94. The largest absolute Gasteiger partial charge is 0.399 e. The van der Waals surface area contributed by atoms with Crippen LogP contribution in [0.15, 0.2) is 42.5 Å². The molecule has 2 rings (SSSR count). The highest BCUT2D eigenvalue weighted by atomic mass is 19.1. The highest BCUT2D eigenvalue weighted by Gasteiger charge is 2.07. The fourth-order valence-corrected chi connectivity index (χ4v) is 1.99. The van der Waals surface area contributed by atoms with Crippen molar-refractivity contribution in [3.63, 3.8) is 0 Å². The molecule has 0 fully saturated rings. The Morgan fingerprint density at radius 3 is 2.11 bits per heavy atom. The first-order chi connectivity index (χ1) is 9.08. The van der Waals surface area contributed by atoms with E-state index < -0.39 is 11.6 Å². The summed E-state index contributed by atoms with van der Waals surface area (Å²) in [5.41, 5.74) is 7.92. The van der Waals surface area contributed by atoms with Crippen LogP contribution in [0, 0.1) is 11.6 Å². The van der Waals surface area contributed by atoms with Gasteiger partial charge in [0.05, 0.1) is 0 Å². The fraction of sp³-hybridized carbons (Fsp3) is 0.200. The second kappa shape index (κ2) is 5.69. The third-order valence-corrected chi connectivity index (χ3v) is 2.94. The molecule has 2 N–H and O–H groups in total. The molecule has 2 nitrogen and oxygen atoms in total. The Balaban J connectivity index is 2.21. The predicted molar refractivity (Wildman–Crippen MR) is 73.9 cm³/mol. The lowest BCUT2D eigenvalue weighted by molar-refractivity contribution is 0.579. The zero-order valence-electron chi connectivity index (χ0n) is 10.7. The molecule has 2 aromatic carbocycles. The Kier molecular flexibility index (Phi) is 4.00. The van der Waals surface area contributed by atoms with Crippen molar-refractivity contribution in [1.82, 2.24) is 0 Å². The van der Waals surface area contributed by atoms with Gasteiger partial charge < -0.3 is 10.6 Å². The van der Waals surface area contributed by atoms with E-state index in [0.717, 1.165) is 18.3 Å². The highest BCUT2D eigenvalue weighted by Crippen LogP contribution is 2.19. The minimum absolute atomic E-state index is 0.453. The average Bonchev–Trinajstić information content (AvgIpc) is 2.36. The molecule has 0 aliphatic rings. The number of hydrogen-bond donors (Lipinski definition) is 1. The van der Waals surface area contributed by atoms with Gasteiger partial charge in [-0.2, -0.15) is 0 Å². The summed E-state index contributed by atoms with van der Waals surface area (Å²) in [6.45, 7) is 3.18. The number of benzene rings is 2. The molecule has 0 radical (unpaired) electrons. The Bertz CT molecular complexity index is 532. The van der Waals surface area contributed by atoms with Crippen LogP contribution in [0.3, 0.4) is 0 Å². The molecule has 0 atom stereocenters. The van der Waals surface area contributed by atoms with Gasteiger partial charge in [-0.1, -0.05) is 0 Å². The first-order valence-electron chi connectivity index (χ1n) is 6.14. The van der Waals surface area contributed by atoms with Gasteiger partial charge in [0.1, 0.15) is 11.6 Å². The van der Waals surface area contributed by atoms with Gasteiger partial charge in [0.2, 0.25) is 0 Å². The van der Waals surface area contributed by atoms with Gasteiger partial charge in [-0.3, -0.25) is 0 Å². The summed E-state index contributed by atoms with van der Waals surface area (Å²) in [4.78, 5) is 2.02. The summed E-state index contributed by atoms with van der Waals surface area (Å²) >= 11 is 0. The second-order valence-electron chi connectivity index (χ2n) is 4.38. The van der Waals surface area contributed by atoms with Crippen LogP contribution >= 0.6 is 0 Å². The van der Waals surface area contributed by atoms with Gasteiger partial charge >= 0.3 is 0 Å². The van der Waals surface area contributed by atoms with Crippen molar-refractivity contribution in [1.29, 1.82) is 0 Å². The van der Waals surface area contributed by atoms with Crippen LogP contribution in [0.5, 0.6) is 0 Å². The summed E-state index contributed by atoms with van der Waals surface area (Å²) in [5.74, 6) is -1.10. The van der Waals surface area contributed by atoms with Crippen LogP contribution in [0.1, 0.15) is 12.5 Å². The van der Waals surface area contributed by atoms with Crippen LogP contribution in [-0.4, -0.2) is 6.54 Å². The van der Waals surface area contributed by atoms with E-state index in [4.69, 9.17) is 5.73 Å². The first-order valence-corrected chi connectivity index (χ1v) is 6.14. The lowest BCUT2D eigenvalue weighted by Gasteiger charge is -2.23. The molecule has 0 saturated heterocycles. The van der Waals surface area contributed by atoms with Gasteiger partial charge in [-0.25, -0.2) is 8.78 Å². The lowest BCUT2D eigenvalue weighted by atomic mass is 10.2. The lowest BCUT2D eigenvalue weighted by Crippen LogP contribution is -2.22. The number of hydrogen-bond acceptors (Lipinski definition) is 2. The topological polar surface area (TPSA) is 29.3 Å². The number of halogens is 2. The van der Waals surface area contributed by atoms with Gasteiger partial charge in [0, 0.05) is 30.5 Å². The van der Waals surface area contributed by atoms with Crippen LogP contribution in [0.2, 0.25) is 0 Å². The minimum Gasteiger partial charge on any atom is -0.399 e. The van der Waals surface area contributed by atoms with Crippen molar-refractivity contribution >= 4 is 11.4 Å². The van der Waals surface area contributed by atoms with E-state index >= 15 is 0 Å². The summed E-state index contributed by atoms with van der Waals surface area (Å²) in [5, 5.41) is 0. The number of nitrogens with two attached hydrogens (primary N) is 1. The molecule has 2 aromatic rings. The monoisotopic (exact) mass is 262 g/mol. The zero-order valence-corrected chi connectivity index (χ0v) is 10.7. The second-order valence-corrected chi connectivity index (χ2v) is 4.38.